The van der Waals surface area contributed by atoms with Crippen LogP contribution in [0, 0.1) is 0 Å². The molecule has 0 aliphatic carbocycles. The van der Waals surface area contributed by atoms with Crippen LogP contribution in [-0.2, 0) is 6.42 Å². The lowest BCUT2D eigenvalue weighted by molar-refractivity contribution is 0.398. The summed E-state index contributed by atoms with van der Waals surface area (Å²) < 4.78 is 0. The molecule has 23 heavy (non-hydrogen) atoms. The van der Waals surface area contributed by atoms with Gasteiger partial charge in [-0.15, -0.1) is 0 Å². The number of phenolic OH excluding ortho intramolecular Hbond substituents is 2. The molecule has 0 heterocycles. The summed E-state index contributed by atoms with van der Waals surface area (Å²) in [6.07, 6.45) is 20.6. The number of allylic oxidation sites excluding steroid dienone is 4. The number of unbranched alkanes of at least 4 members (excludes halogenated alkanes) is 6. The van der Waals surface area contributed by atoms with Gasteiger partial charge in [0.25, 0.3) is 0 Å². The molecule has 0 aromatic heterocycles. The van der Waals surface area contributed by atoms with Gasteiger partial charge in [-0.2, -0.15) is 0 Å². The highest BCUT2D eigenvalue weighted by Gasteiger charge is 2.04. The summed E-state index contributed by atoms with van der Waals surface area (Å²) in [6.45, 7) is 2.22. The lowest BCUT2D eigenvalue weighted by atomic mass is 10.0. The van der Waals surface area contributed by atoms with E-state index in [-0.39, 0.29) is 11.5 Å². The van der Waals surface area contributed by atoms with Crippen molar-refractivity contribution in [1.82, 2.24) is 0 Å². The van der Waals surface area contributed by atoms with Gasteiger partial charge in [-0.25, -0.2) is 0 Å². The Morgan fingerprint density at radius 2 is 1.52 bits per heavy atom. The summed E-state index contributed by atoms with van der Waals surface area (Å²) in [5.74, 6) is 0.0267. The van der Waals surface area contributed by atoms with Crippen LogP contribution in [0.2, 0.25) is 0 Å². The Hall–Kier alpha value is -1.70. The third-order valence-corrected chi connectivity index (χ3v) is 4.00. The Kier molecular flexibility index (Phi) is 10.8. The molecule has 0 unspecified atom stereocenters. The first-order valence-corrected chi connectivity index (χ1v) is 9.05. The van der Waals surface area contributed by atoms with Gasteiger partial charge < -0.3 is 10.2 Å². The zero-order valence-corrected chi connectivity index (χ0v) is 14.5. The predicted molar refractivity (Wildman–Crippen MR) is 99.0 cm³/mol. The maximum atomic E-state index is 9.72. The molecule has 0 saturated carbocycles. The first-order chi connectivity index (χ1) is 11.3. The van der Waals surface area contributed by atoms with Gasteiger partial charge in [0.15, 0.2) is 11.5 Å². The summed E-state index contributed by atoms with van der Waals surface area (Å²) in [5, 5.41) is 19.2. The number of para-hydroxylation sites is 1. The third kappa shape index (κ3) is 9.12. The Morgan fingerprint density at radius 1 is 0.826 bits per heavy atom. The molecule has 2 N–H and O–H groups in total. The van der Waals surface area contributed by atoms with Crippen LogP contribution in [-0.4, -0.2) is 10.2 Å². The van der Waals surface area contributed by atoms with Crippen LogP contribution in [0.15, 0.2) is 42.5 Å². The molecular formula is C21H32O2. The van der Waals surface area contributed by atoms with Crippen LogP contribution in [0.25, 0.3) is 0 Å². The Bertz CT molecular complexity index is 475. The van der Waals surface area contributed by atoms with Gasteiger partial charge in [0.2, 0.25) is 0 Å². The molecule has 0 fully saturated rings. The van der Waals surface area contributed by atoms with Crippen molar-refractivity contribution in [2.45, 2.75) is 71.1 Å². The highest BCUT2D eigenvalue weighted by Crippen LogP contribution is 2.29. The third-order valence-electron chi connectivity index (χ3n) is 4.00. The summed E-state index contributed by atoms with van der Waals surface area (Å²) in [5.41, 5.74) is 0.847. The van der Waals surface area contributed by atoms with Crippen molar-refractivity contribution >= 4 is 0 Å². The lowest BCUT2D eigenvalue weighted by Gasteiger charge is -2.05. The fourth-order valence-electron chi connectivity index (χ4n) is 2.54. The monoisotopic (exact) mass is 316 g/mol. The minimum Gasteiger partial charge on any atom is -0.504 e. The quantitative estimate of drug-likeness (QED) is 0.270. The molecule has 0 aliphatic heterocycles. The molecule has 2 heteroatoms. The second kappa shape index (κ2) is 12.8. The molecule has 0 spiro atoms. The summed E-state index contributed by atoms with van der Waals surface area (Å²) >= 11 is 0. The first kappa shape index (κ1) is 19.3. The van der Waals surface area contributed by atoms with Crippen molar-refractivity contribution in [2.75, 3.05) is 0 Å². The van der Waals surface area contributed by atoms with E-state index in [0.29, 0.717) is 0 Å². The van der Waals surface area contributed by atoms with Crippen molar-refractivity contribution < 1.29 is 10.2 Å². The second-order valence-corrected chi connectivity index (χ2v) is 6.06. The van der Waals surface area contributed by atoms with Gasteiger partial charge in [0.1, 0.15) is 0 Å². The van der Waals surface area contributed by atoms with Crippen LogP contribution in [0.5, 0.6) is 11.5 Å². The van der Waals surface area contributed by atoms with Crippen LogP contribution >= 0.6 is 0 Å². The molecule has 128 valence electrons. The van der Waals surface area contributed by atoms with E-state index < -0.39 is 0 Å². The number of aryl methyl sites for hydroxylation is 1. The largest absolute Gasteiger partial charge is 0.504 e. The smallest absolute Gasteiger partial charge is 0.160 e. The summed E-state index contributed by atoms with van der Waals surface area (Å²) in [6, 6.07) is 5.18. The van der Waals surface area contributed by atoms with Gasteiger partial charge in [-0.1, -0.05) is 69.0 Å². The van der Waals surface area contributed by atoms with E-state index in [4.69, 9.17) is 0 Å². The van der Waals surface area contributed by atoms with E-state index in [0.717, 1.165) is 31.2 Å². The van der Waals surface area contributed by atoms with Crippen molar-refractivity contribution in [3.8, 4) is 11.5 Å². The minimum absolute atomic E-state index is 0.0172. The zero-order valence-electron chi connectivity index (χ0n) is 14.5. The molecular weight excluding hydrogens is 284 g/mol. The fraction of sp³-hybridized carbons (Fsp3) is 0.524. The predicted octanol–water partition coefficient (Wildman–Crippen LogP) is 6.28. The number of rotatable bonds is 12. The number of aromatic hydroxyl groups is 2. The van der Waals surface area contributed by atoms with Crippen molar-refractivity contribution in [2.24, 2.45) is 0 Å². The molecule has 0 radical (unpaired) electrons. The van der Waals surface area contributed by atoms with Crippen molar-refractivity contribution in [3.63, 3.8) is 0 Å². The average molecular weight is 316 g/mol. The lowest BCUT2D eigenvalue weighted by Crippen LogP contribution is -1.87. The molecule has 0 bridgehead atoms. The standard InChI is InChI=1S/C21H32O2/c1-2-3-4-5-6-7-8-9-10-11-12-13-14-16-19-17-15-18-20(22)21(19)23/h5-6,8-9,15,17-18,22-23H,2-4,7,10-14,16H2,1H3. The molecule has 1 rings (SSSR count). The van der Waals surface area contributed by atoms with Crippen LogP contribution in [0.3, 0.4) is 0 Å². The first-order valence-electron chi connectivity index (χ1n) is 9.05. The molecule has 2 nitrogen and oxygen atoms in total. The topological polar surface area (TPSA) is 40.5 Å². The maximum Gasteiger partial charge on any atom is 0.160 e. The Morgan fingerprint density at radius 3 is 2.26 bits per heavy atom. The normalized spacial score (nSPS) is 11.7. The molecule has 1 aromatic carbocycles. The zero-order chi connectivity index (χ0) is 16.8. The van der Waals surface area contributed by atoms with Gasteiger partial charge in [-0.05, 0) is 50.2 Å². The minimum atomic E-state index is -0.0172. The molecule has 0 saturated heterocycles. The average Bonchev–Trinajstić information content (AvgIpc) is 2.55. The highest BCUT2D eigenvalue weighted by atomic mass is 16.3. The summed E-state index contributed by atoms with van der Waals surface area (Å²) in [7, 11) is 0. The SMILES string of the molecule is CCCCC=CCC=CCCCCCCc1cccc(O)c1O. The van der Waals surface area contributed by atoms with Gasteiger partial charge in [0.05, 0.1) is 0 Å². The number of hydrogen-bond donors (Lipinski definition) is 2. The van der Waals surface area contributed by atoms with Gasteiger partial charge in [0, 0.05) is 0 Å². The molecule has 1 aromatic rings. The van der Waals surface area contributed by atoms with Crippen LogP contribution in [0.4, 0.5) is 0 Å². The van der Waals surface area contributed by atoms with Gasteiger partial charge in [-0.3, -0.25) is 0 Å². The van der Waals surface area contributed by atoms with E-state index in [1.807, 2.05) is 6.07 Å². The fourth-order valence-corrected chi connectivity index (χ4v) is 2.54. The number of hydrogen-bond acceptors (Lipinski definition) is 2. The van der Waals surface area contributed by atoms with E-state index in [1.54, 1.807) is 6.07 Å². The molecule has 0 atom stereocenters. The summed E-state index contributed by atoms with van der Waals surface area (Å²) in [4.78, 5) is 0. The van der Waals surface area contributed by atoms with E-state index in [9.17, 15) is 10.2 Å². The Labute approximate surface area is 141 Å². The van der Waals surface area contributed by atoms with Crippen molar-refractivity contribution in [3.05, 3.63) is 48.1 Å². The van der Waals surface area contributed by atoms with Crippen LogP contribution < -0.4 is 0 Å². The van der Waals surface area contributed by atoms with E-state index >= 15 is 0 Å². The van der Waals surface area contributed by atoms with E-state index in [2.05, 4.69) is 31.2 Å². The van der Waals surface area contributed by atoms with E-state index in [1.165, 1.54) is 44.6 Å². The molecule has 0 aliphatic rings. The Balaban J connectivity index is 1.99. The molecule has 0 amide bonds. The number of phenols is 2. The maximum absolute atomic E-state index is 9.72. The van der Waals surface area contributed by atoms with Gasteiger partial charge >= 0.3 is 0 Å². The number of benzene rings is 1. The van der Waals surface area contributed by atoms with Crippen LogP contribution in [0.1, 0.15) is 70.3 Å². The van der Waals surface area contributed by atoms with Crippen molar-refractivity contribution in [1.29, 1.82) is 0 Å². The highest BCUT2D eigenvalue weighted by molar-refractivity contribution is 5.44. The second-order valence-electron chi connectivity index (χ2n) is 6.06.